The number of carbonyl (C=O) groups excluding carboxylic acids is 2. The average Bonchev–Trinajstić information content (AvgIpc) is 2.40. The second-order valence-electron chi connectivity index (χ2n) is 4.88. The van der Waals surface area contributed by atoms with Gasteiger partial charge in [-0.3, -0.25) is 9.59 Å². The molecule has 0 saturated carbocycles. The van der Waals surface area contributed by atoms with Gasteiger partial charge >= 0.3 is 0 Å². The van der Waals surface area contributed by atoms with Crippen LogP contribution in [0.2, 0.25) is 0 Å². The Balaban J connectivity index is 1.90. The maximum absolute atomic E-state index is 11.9. The fourth-order valence-corrected chi connectivity index (χ4v) is 2.20. The fraction of sp³-hybridized carbons (Fsp3) is 0.467. The number of Topliss-reactive ketones (excluding diaryl/α,β-unsaturated/α-hetero) is 1. The third kappa shape index (κ3) is 4.17. The average molecular weight is 261 g/mol. The number of benzene rings is 1. The van der Waals surface area contributed by atoms with Gasteiger partial charge in [0, 0.05) is 17.9 Å². The molecule has 4 heteroatoms. The third-order valence-corrected chi connectivity index (χ3v) is 3.24. The summed E-state index contributed by atoms with van der Waals surface area (Å²) in [7, 11) is 0. The molecule has 1 N–H and O–H groups in total. The van der Waals surface area contributed by atoms with Crippen LogP contribution in [0.25, 0.3) is 0 Å². The molecule has 4 nitrogen and oxygen atoms in total. The highest BCUT2D eigenvalue weighted by molar-refractivity contribution is 5.97. The minimum atomic E-state index is -0.0624. The van der Waals surface area contributed by atoms with Crippen molar-refractivity contribution in [2.75, 3.05) is 11.9 Å². The van der Waals surface area contributed by atoms with Crippen molar-refractivity contribution in [3.05, 3.63) is 29.8 Å². The van der Waals surface area contributed by atoms with Gasteiger partial charge in [-0.25, -0.2) is 0 Å². The summed E-state index contributed by atoms with van der Waals surface area (Å²) in [6.45, 7) is 2.26. The van der Waals surface area contributed by atoms with Crippen LogP contribution in [0.1, 0.15) is 43.0 Å². The van der Waals surface area contributed by atoms with Crippen LogP contribution in [0.5, 0.6) is 0 Å². The van der Waals surface area contributed by atoms with Crippen molar-refractivity contribution >= 4 is 17.4 Å². The van der Waals surface area contributed by atoms with Crippen molar-refractivity contribution in [1.29, 1.82) is 0 Å². The molecule has 0 radical (unpaired) electrons. The van der Waals surface area contributed by atoms with E-state index in [1.165, 1.54) is 6.92 Å². The summed E-state index contributed by atoms with van der Waals surface area (Å²) >= 11 is 0. The molecule has 1 aromatic carbocycles. The Hall–Kier alpha value is -1.68. The number of amides is 1. The number of rotatable bonds is 4. The molecule has 1 aliphatic rings. The maximum atomic E-state index is 11.9. The smallest absolute Gasteiger partial charge is 0.226 e. The Morgan fingerprint density at radius 1 is 1.37 bits per heavy atom. The van der Waals surface area contributed by atoms with Crippen LogP contribution in [0, 0.1) is 0 Å². The summed E-state index contributed by atoms with van der Waals surface area (Å²) in [6, 6.07) is 6.99. The molecular weight excluding hydrogens is 242 g/mol. The summed E-state index contributed by atoms with van der Waals surface area (Å²) in [6.07, 6.45) is 3.56. The van der Waals surface area contributed by atoms with Crippen LogP contribution >= 0.6 is 0 Å². The van der Waals surface area contributed by atoms with Gasteiger partial charge in [-0.05, 0) is 38.3 Å². The summed E-state index contributed by atoms with van der Waals surface area (Å²) in [5.74, 6) is -0.0701. The van der Waals surface area contributed by atoms with Crippen molar-refractivity contribution < 1.29 is 14.3 Å². The lowest BCUT2D eigenvalue weighted by Crippen LogP contribution is -2.25. The minimum absolute atomic E-state index is 0.00767. The van der Waals surface area contributed by atoms with E-state index in [1.54, 1.807) is 24.3 Å². The van der Waals surface area contributed by atoms with Crippen LogP contribution in [-0.4, -0.2) is 24.4 Å². The number of hydrogen-bond acceptors (Lipinski definition) is 3. The van der Waals surface area contributed by atoms with E-state index in [4.69, 9.17) is 4.74 Å². The Morgan fingerprint density at radius 3 is 2.89 bits per heavy atom. The summed E-state index contributed by atoms with van der Waals surface area (Å²) < 4.78 is 5.53. The van der Waals surface area contributed by atoms with Crippen LogP contribution in [-0.2, 0) is 9.53 Å². The molecule has 1 atom stereocenters. The van der Waals surface area contributed by atoms with E-state index in [-0.39, 0.29) is 17.8 Å². The molecule has 1 aromatic rings. The molecule has 0 spiro atoms. The van der Waals surface area contributed by atoms with Gasteiger partial charge < -0.3 is 10.1 Å². The number of nitrogens with one attached hydrogen (secondary N) is 1. The first-order valence-corrected chi connectivity index (χ1v) is 6.67. The lowest BCUT2D eigenvalue weighted by atomic mass is 10.1. The zero-order valence-corrected chi connectivity index (χ0v) is 11.1. The summed E-state index contributed by atoms with van der Waals surface area (Å²) in [5, 5.41) is 2.81. The standard InChI is InChI=1S/C15H19NO3/c1-11(17)12-5-4-6-13(9-12)16-15(18)10-14-7-2-3-8-19-14/h4-6,9,14H,2-3,7-8,10H2,1H3,(H,16,18). The van der Waals surface area contributed by atoms with E-state index < -0.39 is 0 Å². The molecule has 0 aliphatic carbocycles. The molecule has 0 aromatic heterocycles. The second-order valence-corrected chi connectivity index (χ2v) is 4.88. The fourth-order valence-electron chi connectivity index (χ4n) is 2.20. The van der Waals surface area contributed by atoms with Gasteiger partial charge in [0.15, 0.2) is 5.78 Å². The molecule has 1 fully saturated rings. The SMILES string of the molecule is CC(=O)c1cccc(NC(=O)CC2CCCCO2)c1. The number of carbonyl (C=O) groups is 2. The predicted molar refractivity (Wildman–Crippen MR) is 73.3 cm³/mol. The normalized spacial score (nSPS) is 18.9. The third-order valence-electron chi connectivity index (χ3n) is 3.24. The predicted octanol–water partition coefficient (Wildman–Crippen LogP) is 2.79. The van der Waals surface area contributed by atoms with Crippen molar-refractivity contribution in [3.63, 3.8) is 0 Å². The highest BCUT2D eigenvalue weighted by Gasteiger charge is 2.17. The van der Waals surface area contributed by atoms with Crippen LogP contribution < -0.4 is 5.32 Å². The molecule has 0 bridgehead atoms. The second kappa shape index (κ2) is 6.48. The van der Waals surface area contributed by atoms with Crippen LogP contribution in [0.15, 0.2) is 24.3 Å². The van der Waals surface area contributed by atoms with Crippen molar-refractivity contribution in [1.82, 2.24) is 0 Å². The molecule has 1 heterocycles. The first-order chi connectivity index (χ1) is 9.15. The summed E-state index contributed by atoms with van der Waals surface area (Å²) in [5.41, 5.74) is 1.26. The molecule has 1 amide bonds. The number of ketones is 1. The van der Waals surface area contributed by atoms with Crippen molar-refractivity contribution in [3.8, 4) is 0 Å². The first-order valence-electron chi connectivity index (χ1n) is 6.67. The largest absolute Gasteiger partial charge is 0.378 e. The summed E-state index contributed by atoms with van der Waals surface area (Å²) in [4.78, 5) is 23.2. The van der Waals surface area contributed by atoms with Gasteiger partial charge in [0.05, 0.1) is 12.5 Å². The van der Waals surface area contributed by atoms with E-state index >= 15 is 0 Å². The quantitative estimate of drug-likeness (QED) is 0.848. The molecule has 2 rings (SSSR count). The monoisotopic (exact) mass is 261 g/mol. The van der Waals surface area contributed by atoms with E-state index in [0.717, 1.165) is 25.9 Å². The zero-order valence-electron chi connectivity index (χ0n) is 11.1. The Bertz CT molecular complexity index is 464. The topological polar surface area (TPSA) is 55.4 Å². The molecule has 19 heavy (non-hydrogen) atoms. The Labute approximate surface area is 113 Å². The van der Waals surface area contributed by atoms with E-state index in [1.807, 2.05) is 0 Å². The van der Waals surface area contributed by atoms with E-state index in [9.17, 15) is 9.59 Å². The molecule has 1 unspecified atom stereocenters. The molecule has 1 saturated heterocycles. The minimum Gasteiger partial charge on any atom is -0.378 e. The van der Waals surface area contributed by atoms with Crippen LogP contribution in [0.4, 0.5) is 5.69 Å². The van der Waals surface area contributed by atoms with Gasteiger partial charge in [-0.2, -0.15) is 0 Å². The van der Waals surface area contributed by atoms with Crippen molar-refractivity contribution in [2.24, 2.45) is 0 Å². The molecular formula is C15H19NO3. The van der Waals surface area contributed by atoms with Gasteiger partial charge in [-0.1, -0.05) is 12.1 Å². The number of hydrogen-bond donors (Lipinski definition) is 1. The van der Waals surface area contributed by atoms with E-state index in [2.05, 4.69) is 5.32 Å². The van der Waals surface area contributed by atoms with Gasteiger partial charge in [0.25, 0.3) is 0 Å². The van der Waals surface area contributed by atoms with Gasteiger partial charge in [-0.15, -0.1) is 0 Å². The van der Waals surface area contributed by atoms with Gasteiger partial charge in [0.2, 0.25) is 5.91 Å². The first kappa shape index (κ1) is 13.7. The Morgan fingerprint density at radius 2 is 2.21 bits per heavy atom. The lowest BCUT2D eigenvalue weighted by molar-refractivity contribution is -0.119. The number of ether oxygens (including phenoxy) is 1. The van der Waals surface area contributed by atoms with Gasteiger partial charge in [0.1, 0.15) is 0 Å². The molecule has 102 valence electrons. The number of anilines is 1. The van der Waals surface area contributed by atoms with E-state index in [0.29, 0.717) is 17.7 Å². The van der Waals surface area contributed by atoms with Crippen molar-refractivity contribution in [2.45, 2.75) is 38.7 Å². The molecule has 1 aliphatic heterocycles. The van der Waals surface area contributed by atoms with Crippen LogP contribution in [0.3, 0.4) is 0 Å². The highest BCUT2D eigenvalue weighted by atomic mass is 16.5. The maximum Gasteiger partial charge on any atom is 0.226 e. The lowest BCUT2D eigenvalue weighted by Gasteiger charge is -2.21. The Kier molecular flexibility index (Phi) is 4.68. The zero-order chi connectivity index (χ0) is 13.7. The highest BCUT2D eigenvalue weighted by Crippen LogP contribution is 2.17.